The third kappa shape index (κ3) is 4.37. The van der Waals surface area contributed by atoms with E-state index in [1.807, 2.05) is 38.1 Å². The van der Waals surface area contributed by atoms with Crippen LogP contribution in [0.4, 0.5) is 5.82 Å². The Kier molecular flexibility index (Phi) is 5.51. The molecule has 0 saturated carbocycles. The lowest BCUT2D eigenvalue weighted by Crippen LogP contribution is -2.35. The normalized spacial score (nSPS) is 15.1. The van der Waals surface area contributed by atoms with Crippen LogP contribution in [-0.2, 0) is 11.3 Å². The molecule has 24 heavy (non-hydrogen) atoms. The highest BCUT2D eigenvalue weighted by Crippen LogP contribution is 2.24. The van der Waals surface area contributed by atoms with Crippen molar-refractivity contribution in [2.75, 3.05) is 31.7 Å². The average molecular weight is 325 g/mol. The van der Waals surface area contributed by atoms with Crippen LogP contribution in [0.1, 0.15) is 19.4 Å². The predicted octanol–water partition coefficient (Wildman–Crippen LogP) is 2.78. The summed E-state index contributed by atoms with van der Waals surface area (Å²) in [6.07, 6.45) is 0. The molecule has 0 aliphatic carbocycles. The third-order valence-electron chi connectivity index (χ3n) is 3.81. The predicted molar refractivity (Wildman–Crippen MR) is 96.0 cm³/mol. The number of nitrogens with zero attached hydrogens (tertiary/aromatic N) is 4. The van der Waals surface area contributed by atoms with Gasteiger partial charge in [0.1, 0.15) is 0 Å². The largest absolute Gasteiger partial charge is 0.379 e. The Labute approximate surface area is 142 Å². The van der Waals surface area contributed by atoms with Crippen LogP contribution in [0.25, 0.3) is 11.3 Å². The minimum Gasteiger partial charge on any atom is -0.379 e. The molecule has 0 unspecified atom stereocenters. The molecule has 1 aromatic carbocycles. The van der Waals surface area contributed by atoms with Crippen molar-refractivity contribution in [1.29, 1.82) is 0 Å². The molecule has 6 nitrogen and oxygen atoms in total. The fraction of sp³-hybridized carbons (Fsp3) is 0.389. The molecule has 126 valence electrons. The van der Waals surface area contributed by atoms with Gasteiger partial charge in [0.05, 0.1) is 18.9 Å². The highest BCUT2D eigenvalue weighted by atomic mass is 16.5. The maximum absolute atomic E-state index is 5.44. The van der Waals surface area contributed by atoms with Crippen LogP contribution < -0.4 is 5.43 Å². The molecule has 6 heteroatoms. The molecule has 1 saturated heterocycles. The molecule has 1 aliphatic heterocycles. The fourth-order valence-electron chi connectivity index (χ4n) is 2.61. The number of benzene rings is 1. The molecule has 2 heterocycles. The number of nitrogens with one attached hydrogen (secondary N) is 1. The second kappa shape index (κ2) is 7.99. The molecule has 2 aromatic rings. The molecule has 0 radical (unpaired) electrons. The first kappa shape index (κ1) is 16.5. The van der Waals surface area contributed by atoms with Gasteiger partial charge in [-0.2, -0.15) is 5.10 Å². The van der Waals surface area contributed by atoms with Gasteiger partial charge in [0.15, 0.2) is 5.82 Å². The van der Waals surface area contributed by atoms with Crippen molar-refractivity contribution in [1.82, 2.24) is 15.1 Å². The van der Waals surface area contributed by atoms with Crippen molar-refractivity contribution in [2.45, 2.75) is 20.4 Å². The summed E-state index contributed by atoms with van der Waals surface area (Å²) in [5, 5.41) is 12.9. The van der Waals surface area contributed by atoms with E-state index in [1.54, 1.807) is 0 Å². The molecule has 3 rings (SSSR count). The second-order valence-electron chi connectivity index (χ2n) is 6.03. The summed E-state index contributed by atoms with van der Waals surface area (Å²) in [4.78, 5) is 2.38. The van der Waals surface area contributed by atoms with Gasteiger partial charge >= 0.3 is 0 Å². The smallest absolute Gasteiger partial charge is 0.169 e. The topological polar surface area (TPSA) is 62.6 Å². The van der Waals surface area contributed by atoms with E-state index < -0.39 is 0 Å². The van der Waals surface area contributed by atoms with E-state index >= 15 is 0 Å². The first-order valence-corrected chi connectivity index (χ1v) is 8.21. The first-order chi connectivity index (χ1) is 11.7. The number of aromatic nitrogens is 2. The molecular formula is C18H23N5O. The highest BCUT2D eigenvalue weighted by Gasteiger charge is 2.15. The van der Waals surface area contributed by atoms with Gasteiger partial charge < -0.3 is 4.74 Å². The Bertz CT molecular complexity index is 692. The Morgan fingerprint density at radius 2 is 1.92 bits per heavy atom. The number of hydrogen-bond donors (Lipinski definition) is 1. The molecule has 1 N–H and O–H groups in total. The number of hydrogen-bond acceptors (Lipinski definition) is 6. The van der Waals surface area contributed by atoms with Crippen LogP contribution in [-0.4, -0.2) is 47.1 Å². The summed E-state index contributed by atoms with van der Waals surface area (Å²) in [6, 6.07) is 12.2. The zero-order valence-corrected chi connectivity index (χ0v) is 14.2. The van der Waals surface area contributed by atoms with Crippen LogP contribution in [0.15, 0.2) is 41.5 Å². The SMILES string of the molecule is CC(C)=NNc1cc(CN2CCOCC2)c(-c2ccccc2)nn1. The average Bonchev–Trinajstić information content (AvgIpc) is 2.62. The van der Waals surface area contributed by atoms with Crippen molar-refractivity contribution in [3.63, 3.8) is 0 Å². The van der Waals surface area contributed by atoms with Crippen molar-refractivity contribution in [3.8, 4) is 11.3 Å². The summed E-state index contributed by atoms with van der Waals surface area (Å²) in [5.41, 5.74) is 7.06. The van der Waals surface area contributed by atoms with E-state index in [4.69, 9.17) is 4.74 Å². The van der Waals surface area contributed by atoms with Crippen molar-refractivity contribution < 1.29 is 4.74 Å². The number of anilines is 1. The second-order valence-corrected chi connectivity index (χ2v) is 6.03. The van der Waals surface area contributed by atoms with Gasteiger partial charge in [-0.3, -0.25) is 10.3 Å². The molecule has 1 aliphatic rings. The Balaban J connectivity index is 1.90. The van der Waals surface area contributed by atoms with Crippen molar-refractivity contribution >= 4 is 11.5 Å². The lowest BCUT2D eigenvalue weighted by atomic mass is 10.1. The van der Waals surface area contributed by atoms with Crippen LogP contribution in [0.5, 0.6) is 0 Å². The van der Waals surface area contributed by atoms with Crippen LogP contribution in [0.2, 0.25) is 0 Å². The minimum absolute atomic E-state index is 0.666. The van der Waals surface area contributed by atoms with E-state index in [1.165, 1.54) is 0 Å². The van der Waals surface area contributed by atoms with Crippen LogP contribution in [0, 0.1) is 0 Å². The maximum atomic E-state index is 5.44. The van der Waals surface area contributed by atoms with Gasteiger partial charge in [-0.15, -0.1) is 10.2 Å². The van der Waals surface area contributed by atoms with E-state index in [0.717, 1.165) is 55.4 Å². The molecular weight excluding hydrogens is 302 g/mol. The molecule has 1 aromatic heterocycles. The van der Waals surface area contributed by atoms with Crippen LogP contribution in [0.3, 0.4) is 0 Å². The van der Waals surface area contributed by atoms with Gasteiger partial charge in [0, 0.05) is 30.9 Å². The molecule has 0 amide bonds. The zero-order valence-electron chi connectivity index (χ0n) is 14.2. The summed E-state index contributed by atoms with van der Waals surface area (Å²) < 4.78 is 5.44. The van der Waals surface area contributed by atoms with E-state index in [-0.39, 0.29) is 0 Å². The number of hydrazone groups is 1. The third-order valence-corrected chi connectivity index (χ3v) is 3.81. The fourth-order valence-corrected chi connectivity index (χ4v) is 2.61. The van der Waals surface area contributed by atoms with Crippen LogP contribution >= 0.6 is 0 Å². The summed E-state index contributed by atoms with van der Waals surface area (Å²) in [7, 11) is 0. The van der Waals surface area contributed by atoms with E-state index in [2.05, 4.69) is 37.8 Å². The monoisotopic (exact) mass is 325 g/mol. The number of morpholine rings is 1. The molecule has 0 bridgehead atoms. The number of ether oxygens (including phenoxy) is 1. The summed E-state index contributed by atoms with van der Waals surface area (Å²) in [6.45, 7) is 8.14. The standard InChI is InChI=1S/C18H23N5O/c1-14(2)19-20-17-12-16(13-23-8-10-24-11-9-23)18(22-21-17)15-6-4-3-5-7-15/h3-7,12H,8-11,13H2,1-2H3,(H,20,21). The van der Waals surface area contributed by atoms with Gasteiger partial charge in [-0.05, 0) is 25.5 Å². The molecule has 0 spiro atoms. The maximum Gasteiger partial charge on any atom is 0.169 e. The lowest BCUT2D eigenvalue weighted by molar-refractivity contribution is 0.0342. The minimum atomic E-state index is 0.666. The lowest BCUT2D eigenvalue weighted by Gasteiger charge is -2.27. The van der Waals surface area contributed by atoms with Gasteiger partial charge in [0.2, 0.25) is 0 Å². The molecule has 0 atom stereocenters. The zero-order chi connectivity index (χ0) is 16.8. The Hall–Kier alpha value is -2.31. The summed E-state index contributed by atoms with van der Waals surface area (Å²) >= 11 is 0. The first-order valence-electron chi connectivity index (χ1n) is 8.21. The van der Waals surface area contributed by atoms with Gasteiger partial charge in [-0.1, -0.05) is 30.3 Å². The Morgan fingerprint density at radius 3 is 2.62 bits per heavy atom. The Morgan fingerprint density at radius 1 is 1.17 bits per heavy atom. The van der Waals surface area contributed by atoms with E-state index in [9.17, 15) is 0 Å². The van der Waals surface area contributed by atoms with E-state index in [0.29, 0.717) is 5.82 Å². The summed E-state index contributed by atoms with van der Waals surface area (Å²) in [5.74, 6) is 0.666. The van der Waals surface area contributed by atoms with Crippen molar-refractivity contribution in [3.05, 3.63) is 42.0 Å². The van der Waals surface area contributed by atoms with Gasteiger partial charge in [-0.25, -0.2) is 0 Å². The van der Waals surface area contributed by atoms with Crippen molar-refractivity contribution in [2.24, 2.45) is 5.10 Å². The quantitative estimate of drug-likeness (QED) is 0.676. The molecule has 1 fully saturated rings. The number of rotatable bonds is 5. The highest BCUT2D eigenvalue weighted by molar-refractivity contribution is 5.79. The van der Waals surface area contributed by atoms with Gasteiger partial charge in [0.25, 0.3) is 0 Å².